The number of nitrogens with one attached hydrogen (secondary N) is 1. The SMILES string of the molecule is N#Cc1ccc(N2CCN(CC(=O)NCC(c3ccccc3Cl)N3CCCC3)CC2)c(F)c1. The van der Waals surface area contributed by atoms with Crippen LogP contribution in [0, 0.1) is 17.1 Å². The van der Waals surface area contributed by atoms with Crippen molar-refractivity contribution >= 4 is 23.2 Å². The van der Waals surface area contributed by atoms with Crippen LogP contribution < -0.4 is 10.2 Å². The molecule has 1 atom stereocenters. The van der Waals surface area contributed by atoms with E-state index in [1.54, 1.807) is 12.1 Å². The minimum atomic E-state index is -0.382. The maximum absolute atomic E-state index is 14.3. The first-order chi connectivity index (χ1) is 16.0. The van der Waals surface area contributed by atoms with E-state index in [0.29, 0.717) is 50.5 Å². The number of piperazine rings is 1. The van der Waals surface area contributed by atoms with Crippen molar-refractivity contribution in [2.24, 2.45) is 0 Å². The first kappa shape index (κ1) is 23.5. The van der Waals surface area contributed by atoms with Gasteiger partial charge in [-0.15, -0.1) is 0 Å². The van der Waals surface area contributed by atoms with Crippen molar-refractivity contribution in [2.45, 2.75) is 18.9 Å². The molecule has 4 rings (SSSR count). The van der Waals surface area contributed by atoms with Crippen LogP contribution in [0.2, 0.25) is 5.02 Å². The molecule has 6 nitrogen and oxygen atoms in total. The summed E-state index contributed by atoms with van der Waals surface area (Å²) in [6, 6.07) is 14.4. The van der Waals surface area contributed by atoms with Crippen molar-refractivity contribution in [3.8, 4) is 6.07 Å². The van der Waals surface area contributed by atoms with Gasteiger partial charge in [-0.05, 0) is 55.8 Å². The monoisotopic (exact) mass is 469 g/mol. The molecule has 1 unspecified atom stereocenters. The summed E-state index contributed by atoms with van der Waals surface area (Å²) in [5, 5.41) is 12.8. The molecule has 8 heteroatoms. The molecular formula is C25H29ClFN5O. The van der Waals surface area contributed by atoms with Crippen LogP contribution in [-0.2, 0) is 4.79 Å². The van der Waals surface area contributed by atoms with E-state index in [2.05, 4.69) is 15.1 Å². The maximum atomic E-state index is 14.3. The lowest BCUT2D eigenvalue weighted by Crippen LogP contribution is -2.50. The van der Waals surface area contributed by atoms with Gasteiger partial charge in [0.1, 0.15) is 5.82 Å². The fourth-order valence-electron chi connectivity index (χ4n) is 4.68. The van der Waals surface area contributed by atoms with Gasteiger partial charge < -0.3 is 10.2 Å². The standard InChI is InChI=1S/C25H29ClFN5O/c26-21-6-2-1-5-20(21)24(31-9-3-4-10-31)17-29-25(33)18-30-11-13-32(14-12-30)23-8-7-19(16-28)15-22(23)27/h1-2,5-8,15,24H,3-4,9-14,17-18H2,(H,29,33). The third kappa shape index (κ3) is 5.83. The highest BCUT2D eigenvalue weighted by Gasteiger charge is 2.26. The molecule has 0 radical (unpaired) electrons. The summed E-state index contributed by atoms with van der Waals surface area (Å²) in [7, 11) is 0. The lowest BCUT2D eigenvalue weighted by atomic mass is 10.1. The lowest BCUT2D eigenvalue weighted by Gasteiger charge is -2.36. The number of carbonyl (C=O) groups excluding carboxylic acids is 1. The number of rotatable bonds is 7. The van der Waals surface area contributed by atoms with Gasteiger partial charge in [-0.2, -0.15) is 5.26 Å². The Labute approximate surface area is 199 Å². The molecular weight excluding hydrogens is 441 g/mol. The smallest absolute Gasteiger partial charge is 0.234 e. The van der Waals surface area contributed by atoms with Gasteiger partial charge in [0.15, 0.2) is 0 Å². The molecule has 2 aromatic carbocycles. The molecule has 1 amide bonds. The van der Waals surface area contributed by atoms with Gasteiger partial charge >= 0.3 is 0 Å². The number of nitriles is 1. The van der Waals surface area contributed by atoms with Crippen molar-refractivity contribution in [1.82, 2.24) is 15.1 Å². The van der Waals surface area contributed by atoms with E-state index < -0.39 is 0 Å². The van der Waals surface area contributed by atoms with Crippen LogP contribution in [0.15, 0.2) is 42.5 Å². The van der Waals surface area contributed by atoms with E-state index >= 15 is 0 Å². The van der Waals surface area contributed by atoms with Crippen molar-refractivity contribution in [3.63, 3.8) is 0 Å². The van der Waals surface area contributed by atoms with E-state index in [-0.39, 0.29) is 17.8 Å². The molecule has 2 saturated heterocycles. The zero-order valence-electron chi connectivity index (χ0n) is 18.6. The van der Waals surface area contributed by atoms with Gasteiger partial charge in [0.25, 0.3) is 0 Å². The zero-order valence-corrected chi connectivity index (χ0v) is 19.4. The number of carbonyl (C=O) groups is 1. The second-order valence-corrected chi connectivity index (χ2v) is 9.03. The molecule has 2 aliphatic heterocycles. The van der Waals surface area contributed by atoms with Crippen LogP contribution >= 0.6 is 11.6 Å². The van der Waals surface area contributed by atoms with Crippen LogP contribution in [-0.4, -0.2) is 68.1 Å². The van der Waals surface area contributed by atoms with E-state index in [4.69, 9.17) is 16.9 Å². The van der Waals surface area contributed by atoms with Crippen LogP contribution in [0.1, 0.15) is 30.0 Å². The van der Waals surface area contributed by atoms with E-state index in [1.165, 1.54) is 18.9 Å². The number of likely N-dealkylation sites (tertiary alicyclic amines) is 1. The summed E-state index contributed by atoms with van der Waals surface area (Å²) in [4.78, 5) is 19.2. The molecule has 1 N–H and O–H groups in total. The predicted molar refractivity (Wildman–Crippen MR) is 128 cm³/mol. The first-order valence-electron chi connectivity index (χ1n) is 11.5. The van der Waals surface area contributed by atoms with Gasteiger partial charge in [-0.3, -0.25) is 14.6 Å². The maximum Gasteiger partial charge on any atom is 0.234 e. The summed E-state index contributed by atoms with van der Waals surface area (Å²) in [6.45, 7) is 5.48. The molecule has 2 aromatic rings. The molecule has 0 saturated carbocycles. The third-order valence-electron chi connectivity index (χ3n) is 6.50. The number of nitrogens with zero attached hydrogens (tertiary/aromatic N) is 4. The Morgan fingerprint density at radius 2 is 1.82 bits per heavy atom. The Morgan fingerprint density at radius 1 is 1.09 bits per heavy atom. The quantitative estimate of drug-likeness (QED) is 0.673. The Bertz CT molecular complexity index is 1010. The average Bonchev–Trinajstić information content (AvgIpc) is 3.35. The summed E-state index contributed by atoms with van der Waals surface area (Å²) in [6.07, 6.45) is 2.33. The van der Waals surface area contributed by atoms with Gasteiger partial charge in [0.05, 0.1) is 29.9 Å². The van der Waals surface area contributed by atoms with Gasteiger partial charge in [0.2, 0.25) is 5.91 Å². The normalized spacial score (nSPS) is 18.2. The Morgan fingerprint density at radius 3 is 2.48 bits per heavy atom. The highest BCUT2D eigenvalue weighted by atomic mass is 35.5. The minimum Gasteiger partial charge on any atom is -0.367 e. The topological polar surface area (TPSA) is 62.6 Å². The number of hydrogen-bond donors (Lipinski definition) is 1. The molecule has 0 aromatic heterocycles. The van der Waals surface area contributed by atoms with Gasteiger partial charge in [-0.25, -0.2) is 4.39 Å². The average molecular weight is 470 g/mol. The third-order valence-corrected chi connectivity index (χ3v) is 6.84. The number of hydrogen-bond acceptors (Lipinski definition) is 5. The van der Waals surface area contributed by atoms with E-state index in [9.17, 15) is 9.18 Å². The summed E-state index contributed by atoms with van der Waals surface area (Å²) >= 11 is 6.47. The highest BCUT2D eigenvalue weighted by Crippen LogP contribution is 2.29. The van der Waals surface area contributed by atoms with Crippen molar-refractivity contribution in [3.05, 3.63) is 64.4 Å². The van der Waals surface area contributed by atoms with Gasteiger partial charge in [0, 0.05) is 37.7 Å². The molecule has 2 heterocycles. The number of amides is 1. The van der Waals surface area contributed by atoms with Crippen molar-refractivity contribution in [2.75, 3.05) is 57.3 Å². The Kier molecular flexibility index (Phi) is 7.81. The number of benzene rings is 2. The Balaban J connectivity index is 1.29. The summed E-state index contributed by atoms with van der Waals surface area (Å²) < 4.78 is 14.3. The van der Waals surface area contributed by atoms with E-state index in [0.717, 1.165) is 23.7 Å². The fourth-order valence-corrected chi connectivity index (χ4v) is 4.95. The molecule has 2 fully saturated rings. The molecule has 174 valence electrons. The predicted octanol–water partition coefficient (Wildman–Crippen LogP) is 3.43. The first-order valence-corrected chi connectivity index (χ1v) is 11.8. The fraction of sp³-hybridized carbons (Fsp3) is 0.440. The van der Waals surface area contributed by atoms with Crippen molar-refractivity contribution < 1.29 is 9.18 Å². The minimum absolute atomic E-state index is 0.00995. The zero-order chi connectivity index (χ0) is 23.2. The summed E-state index contributed by atoms with van der Waals surface area (Å²) in [5.41, 5.74) is 1.88. The largest absolute Gasteiger partial charge is 0.367 e. The van der Waals surface area contributed by atoms with Crippen molar-refractivity contribution in [1.29, 1.82) is 5.26 Å². The van der Waals surface area contributed by atoms with Crippen LogP contribution in [0.4, 0.5) is 10.1 Å². The van der Waals surface area contributed by atoms with Crippen LogP contribution in [0.25, 0.3) is 0 Å². The lowest BCUT2D eigenvalue weighted by molar-refractivity contribution is -0.122. The highest BCUT2D eigenvalue weighted by molar-refractivity contribution is 6.31. The number of halogens is 2. The molecule has 0 aliphatic carbocycles. The molecule has 0 spiro atoms. The van der Waals surface area contributed by atoms with E-state index in [1.807, 2.05) is 35.2 Å². The molecule has 33 heavy (non-hydrogen) atoms. The van der Waals surface area contributed by atoms with Crippen LogP contribution in [0.3, 0.4) is 0 Å². The second kappa shape index (κ2) is 11.0. The molecule has 2 aliphatic rings. The van der Waals surface area contributed by atoms with Gasteiger partial charge in [-0.1, -0.05) is 29.8 Å². The van der Waals surface area contributed by atoms with Crippen LogP contribution in [0.5, 0.6) is 0 Å². The second-order valence-electron chi connectivity index (χ2n) is 8.63. The Hall–Kier alpha value is -2.66. The molecule has 0 bridgehead atoms. The summed E-state index contributed by atoms with van der Waals surface area (Å²) in [5.74, 6) is -0.392. The number of anilines is 1.